The zero-order valence-electron chi connectivity index (χ0n) is 19.5. The van der Waals surface area contributed by atoms with E-state index in [1.54, 1.807) is 34.4 Å². The van der Waals surface area contributed by atoms with Crippen molar-refractivity contribution in [2.75, 3.05) is 19.6 Å². The van der Waals surface area contributed by atoms with E-state index in [2.05, 4.69) is 11.4 Å². The number of hydrogen-bond acceptors (Lipinski definition) is 5. The van der Waals surface area contributed by atoms with Crippen LogP contribution in [0.15, 0.2) is 72.1 Å². The van der Waals surface area contributed by atoms with Crippen LogP contribution < -0.4 is 0 Å². The molecule has 2 amide bonds. The summed E-state index contributed by atoms with van der Waals surface area (Å²) in [7, 11) is 0. The first-order valence-electron chi connectivity index (χ1n) is 11.6. The molecule has 180 valence electrons. The van der Waals surface area contributed by atoms with E-state index in [0.717, 1.165) is 24.0 Å². The van der Waals surface area contributed by atoms with Crippen LogP contribution in [-0.4, -0.2) is 46.2 Å². The number of carbonyl (C=O) groups excluding carboxylic acids is 2. The number of carbonyl (C=O) groups is 2. The van der Waals surface area contributed by atoms with Gasteiger partial charge in [-0.2, -0.15) is 0 Å². The summed E-state index contributed by atoms with van der Waals surface area (Å²) in [6.07, 6.45) is 4.57. The monoisotopic (exact) mass is 489 g/mol. The molecule has 1 aliphatic rings. The first-order valence-corrected chi connectivity index (χ1v) is 12.5. The molecule has 4 rings (SSSR count). The second-order valence-electron chi connectivity index (χ2n) is 8.39. The number of thiophene rings is 1. The normalized spacial score (nSPS) is 15.1. The van der Waals surface area contributed by atoms with Gasteiger partial charge in [0.15, 0.2) is 0 Å². The number of benzene rings is 2. The predicted molar refractivity (Wildman–Crippen MR) is 137 cm³/mol. The van der Waals surface area contributed by atoms with Gasteiger partial charge in [-0.25, -0.2) is 0 Å². The molecule has 2 aromatic carbocycles. The minimum absolute atomic E-state index is 0.0000782. The van der Waals surface area contributed by atoms with E-state index in [0.29, 0.717) is 18.7 Å². The number of rotatable bonds is 8. The van der Waals surface area contributed by atoms with Gasteiger partial charge in [-0.05, 0) is 59.2 Å². The molecule has 1 aromatic heterocycles. The molecule has 2 heterocycles. The number of nitrogens with zero attached hydrogens (tertiary/aromatic N) is 3. The van der Waals surface area contributed by atoms with Crippen molar-refractivity contribution >= 4 is 34.9 Å². The second-order valence-corrected chi connectivity index (χ2v) is 9.39. The number of fused-ring (bicyclic) bond motifs is 1. The lowest BCUT2D eigenvalue weighted by Gasteiger charge is -2.37. The minimum atomic E-state index is -0.463. The van der Waals surface area contributed by atoms with Crippen LogP contribution in [0.1, 0.15) is 41.0 Å². The van der Waals surface area contributed by atoms with E-state index in [9.17, 15) is 19.7 Å². The van der Waals surface area contributed by atoms with E-state index in [4.69, 9.17) is 0 Å². The fourth-order valence-corrected chi connectivity index (χ4v) is 5.25. The van der Waals surface area contributed by atoms with Crippen LogP contribution in [0.3, 0.4) is 0 Å². The largest absolute Gasteiger partial charge is 0.330 e. The fraction of sp³-hybridized carbons (Fsp3) is 0.259. The molecule has 0 N–H and O–H groups in total. The van der Waals surface area contributed by atoms with Crippen molar-refractivity contribution in [3.8, 4) is 0 Å². The Balaban J connectivity index is 1.50. The third-order valence-corrected chi connectivity index (χ3v) is 7.05. The maximum atomic E-state index is 13.5. The number of non-ortho nitro benzene ring substituents is 1. The molecule has 1 unspecified atom stereocenters. The van der Waals surface area contributed by atoms with Crippen molar-refractivity contribution in [2.45, 2.75) is 25.8 Å². The Morgan fingerprint density at radius 3 is 2.57 bits per heavy atom. The summed E-state index contributed by atoms with van der Waals surface area (Å²) < 4.78 is 0. The molecule has 0 spiro atoms. The molecule has 7 nitrogen and oxygen atoms in total. The highest BCUT2D eigenvalue weighted by Gasteiger charge is 2.33. The highest BCUT2D eigenvalue weighted by Crippen LogP contribution is 2.37. The van der Waals surface area contributed by atoms with Gasteiger partial charge in [-0.15, -0.1) is 11.3 Å². The van der Waals surface area contributed by atoms with E-state index in [-0.39, 0.29) is 30.1 Å². The highest BCUT2D eigenvalue weighted by atomic mass is 32.1. The average molecular weight is 490 g/mol. The molecule has 0 saturated carbocycles. The lowest BCUT2D eigenvalue weighted by atomic mass is 9.93. The van der Waals surface area contributed by atoms with Crippen LogP contribution in [0.5, 0.6) is 0 Å². The van der Waals surface area contributed by atoms with Crippen molar-refractivity contribution in [1.29, 1.82) is 0 Å². The maximum Gasteiger partial charge on any atom is 0.269 e. The molecule has 0 radical (unpaired) electrons. The van der Waals surface area contributed by atoms with E-state index >= 15 is 0 Å². The first kappa shape index (κ1) is 24.3. The number of hydrogen-bond donors (Lipinski definition) is 0. The molecule has 35 heavy (non-hydrogen) atoms. The summed E-state index contributed by atoms with van der Waals surface area (Å²) in [6.45, 7) is 3.04. The van der Waals surface area contributed by atoms with Gasteiger partial charge in [0.2, 0.25) is 11.8 Å². The van der Waals surface area contributed by atoms with Gasteiger partial charge in [0.05, 0.1) is 11.0 Å². The molecular formula is C27H27N3O4S. The van der Waals surface area contributed by atoms with Crippen LogP contribution in [0.25, 0.3) is 6.08 Å². The van der Waals surface area contributed by atoms with Gasteiger partial charge in [-0.1, -0.05) is 37.3 Å². The number of nitro groups is 1. The standard InChI is InChI=1S/C27H27N3O4S/c1-2-16-28(25(31)13-10-20-8-11-22(12-9-20)30(33)34)19-26(32)29-17-14-24-23(15-18-35-24)27(29)21-6-4-3-5-7-21/h3-13,15,18,27H,2,14,16-17,19H2,1H3/b13-10+. The third-order valence-electron chi connectivity index (χ3n) is 6.06. The summed E-state index contributed by atoms with van der Waals surface area (Å²) >= 11 is 1.72. The Morgan fingerprint density at radius 1 is 1.14 bits per heavy atom. The van der Waals surface area contributed by atoms with Crippen molar-refractivity contribution in [3.63, 3.8) is 0 Å². The highest BCUT2D eigenvalue weighted by molar-refractivity contribution is 7.10. The van der Waals surface area contributed by atoms with Crippen molar-refractivity contribution < 1.29 is 14.5 Å². The molecule has 0 saturated heterocycles. The van der Waals surface area contributed by atoms with Crippen molar-refractivity contribution in [1.82, 2.24) is 9.80 Å². The van der Waals surface area contributed by atoms with Gasteiger partial charge >= 0.3 is 0 Å². The quantitative estimate of drug-likeness (QED) is 0.251. The lowest BCUT2D eigenvalue weighted by Crippen LogP contribution is -2.46. The van der Waals surface area contributed by atoms with Gasteiger partial charge in [0.1, 0.15) is 6.54 Å². The Kier molecular flexibility index (Phi) is 7.72. The molecule has 0 bridgehead atoms. The summed E-state index contributed by atoms with van der Waals surface area (Å²) in [5, 5.41) is 12.9. The summed E-state index contributed by atoms with van der Waals surface area (Å²) in [5.74, 6) is -0.343. The second kappa shape index (κ2) is 11.1. The first-order chi connectivity index (χ1) is 17.0. The van der Waals surface area contributed by atoms with Crippen LogP contribution in [-0.2, 0) is 16.0 Å². The third kappa shape index (κ3) is 5.66. The van der Waals surface area contributed by atoms with Crippen molar-refractivity contribution in [3.05, 3.63) is 104 Å². The van der Waals surface area contributed by atoms with E-state index < -0.39 is 4.92 Å². The molecule has 0 fully saturated rings. The van der Waals surface area contributed by atoms with Gasteiger partial charge in [0.25, 0.3) is 5.69 Å². The Labute approximate surface area is 208 Å². The Hall–Kier alpha value is -3.78. The molecule has 1 atom stereocenters. The predicted octanol–water partition coefficient (Wildman–Crippen LogP) is 5.08. The van der Waals surface area contributed by atoms with Crippen LogP contribution in [0.2, 0.25) is 0 Å². The topological polar surface area (TPSA) is 83.8 Å². The summed E-state index contributed by atoms with van der Waals surface area (Å²) in [4.78, 5) is 41.6. The SMILES string of the molecule is CCCN(CC(=O)N1CCc2sccc2C1c1ccccc1)C(=O)/C=C/c1ccc([N+](=O)[O-])cc1. The molecule has 0 aliphatic carbocycles. The summed E-state index contributed by atoms with van der Waals surface area (Å²) in [6, 6.07) is 17.9. The van der Waals surface area contributed by atoms with Gasteiger partial charge in [0, 0.05) is 36.2 Å². The van der Waals surface area contributed by atoms with E-state index in [1.807, 2.05) is 42.2 Å². The fourth-order valence-electron chi connectivity index (χ4n) is 4.35. The maximum absolute atomic E-state index is 13.5. The lowest BCUT2D eigenvalue weighted by molar-refractivity contribution is -0.384. The zero-order chi connectivity index (χ0) is 24.8. The summed E-state index contributed by atoms with van der Waals surface area (Å²) in [5.41, 5.74) is 2.89. The van der Waals surface area contributed by atoms with Crippen LogP contribution in [0, 0.1) is 10.1 Å². The average Bonchev–Trinajstić information content (AvgIpc) is 3.36. The van der Waals surface area contributed by atoms with Gasteiger partial charge < -0.3 is 9.80 Å². The van der Waals surface area contributed by atoms with Gasteiger partial charge in [-0.3, -0.25) is 19.7 Å². The van der Waals surface area contributed by atoms with Crippen LogP contribution >= 0.6 is 11.3 Å². The zero-order valence-corrected chi connectivity index (χ0v) is 20.3. The molecule has 8 heteroatoms. The van der Waals surface area contributed by atoms with E-state index in [1.165, 1.54) is 23.1 Å². The smallest absolute Gasteiger partial charge is 0.269 e. The molecular weight excluding hydrogens is 462 g/mol. The number of amides is 2. The Bertz CT molecular complexity index is 1220. The minimum Gasteiger partial charge on any atom is -0.330 e. The molecule has 1 aliphatic heterocycles. The van der Waals surface area contributed by atoms with Crippen molar-refractivity contribution in [2.24, 2.45) is 0 Å². The molecule has 3 aromatic rings. The Morgan fingerprint density at radius 2 is 1.89 bits per heavy atom. The number of nitro benzene ring substituents is 1. The van der Waals surface area contributed by atoms with Crippen LogP contribution in [0.4, 0.5) is 5.69 Å².